The van der Waals surface area contributed by atoms with Gasteiger partial charge in [0.1, 0.15) is 6.16 Å². The Morgan fingerprint density at radius 2 is 1.70 bits per heavy atom. The molecule has 0 atom stereocenters. The maximum Gasteiger partial charge on any atom is 0.340 e. The number of nitrogen functional groups attached to an aromatic ring is 1. The average molecular weight is 528 g/mol. The smallest absolute Gasteiger partial charge is 0.340 e. The fourth-order valence-corrected chi connectivity index (χ4v) is 4.78. The molecule has 0 aliphatic rings. The van der Waals surface area contributed by atoms with Crippen molar-refractivity contribution in [3.8, 4) is 0 Å². The SMILES string of the molecule is CCOP(=O)(CC(=O)Nc1cccc(Nc2ncc(N)c(Nc3ccccc3C(=O)NC)n2)c1)OCC. The van der Waals surface area contributed by atoms with Gasteiger partial charge in [-0.2, -0.15) is 4.98 Å². The molecule has 0 unspecified atom stereocenters. The van der Waals surface area contributed by atoms with Crippen LogP contribution in [0.15, 0.2) is 54.7 Å². The van der Waals surface area contributed by atoms with E-state index in [2.05, 4.69) is 31.2 Å². The average Bonchev–Trinajstić information content (AvgIpc) is 2.86. The van der Waals surface area contributed by atoms with Crippen molar-refractivity contribution in [2.75, 3.05) is 48.1 Å². The standard InChI is InChI=1S/C24H30N7O5P/c1-4-35-37(34,36-5-2)15-21(32)28-16-9-8-10-17(13-16)29-24-27-14-19(25)22(31-24)30-20-12-7-6-11-18(20)23(33)26-3/h6-14H,4-5,15,25H2,1-3H3,(H,26,33)(H,28,32)(H2,27,29,30,31). The Labute approximate surface area is 214 Å². The first-order valence-corrected chi connectivity index (χ1v) is 13.3. The van der Waals surface area contributed by atoms with Crippen molar-refractivity contribution in [1.29, 1.82) is 0 Å². The van der Waals surface area contributed by atoms with Gasteiger partial charge in [-0.05, 0) is 44.2 Å². The fraction of sp³-hybridized carbons (Fsp3) is 0.250. The van der Waals surface area contributed by atoms with E-state index in [1.54, 1.807) is 69.4 Å². The van der Waals surface area contributed by atoms with Crippen LogP contribution in [0.1, 0.15) is 24.2 Å². The predicted octanol–water partition coefficient (Wildman–Crippen LogP) is 4.11. The highest BCUT2D eigenvalue weighted by Gasteiger charge is 2.27. The van der Waals surface area contributed by atoms with Crippen LogP contribution in [0.2, 0.25) is 0 Å². The van der Waals surface area contributed by atoms with E-state index in [4.69, 9.17) is 14.8 Å². The van der Waals surface area contributed by atoms with Crippen LogP contribution in [0, 0.1) is 0 Å². The van der Waals surface area contributed by atoms with Gasteiger partial charge in [0.15, 0.2) is 5.82 Å². The highest BCUT2D eigenvalue weighted by atomic mass is 31.2. The lowest BCUT2D eigenvalue weighted by atomic mass is 10.1. The summed E-state index contributed by atoms with van der Waals surface area (Å²) in [6.45, 7) is 3.69. The van der Waals surface area contributed by atoms with Crippen molar-refractivity contribution >= 4 is 53.9 Å². The number of hydrogen-bond donors (Lipinski definition) is 5. The lowest BCUT2D eigenvalue weighted by Gasteiger charge is -2.16. The van der Waals surface area contributed by atoms with Crippen LogP contribution < -0.4 is 27.0 Å². The number of hydrogen-bond acceptors (Lipinski definition) is 10. The molecule has 12 nitrogen and oxygen atoms in total. The van der Waals surface area contributed by atoms with Crippen molar-refractivity contribution in [3.05, 3.63) is 60.3 Å². The van der Waals surface area contributed by atoms with Crippen molar-refractivity contribution in [2.24, 2.45) is 0 Å². The van der Waals surface area contributed by atoms with Gasteiger partial charge in [0.25, 0.3) is 5.91 Å². The minimum Gasteiger partial charge on any atom is -0.394 e. The van der Waals surface area contributed by atoms with Gasteiger partial charge in [0.2, 0.25) is 11.9 Å². The van der Waals surface area contributed by atoms with Crippen LogP contribution in [0.5, 0.6) is 0 Å². The van der Waals surface area contributed by atoms with E-state index in [1.165, 1.54) is 6.20 Å². The lowest BCUT2D eigenvalue weighted by molar-refractivity contribution is -0.114. The summed E-state index contributed by atoms with van der Waals surface area (Å²) in [5.74, 6) is -0.227. The van der Waals surface area contributed by atoms with Crippen LogP contribution >= 0.6 is 7.60 Å². The highest BCUT2D eigenvalue weighted by molar-refractivity contribution is 7.54. The van der Waals surface area contributed by atoms with Gasteiger partial charge in [-0.3, -0.25) is 14.2 Å². The molecule has 0 spiro atoms. The predicted molar refractivity (Wildman–Crippen MR) is 144 cm³/mol. The summed E-state index contributed by atoms with van der Waals surface area (Å²) in [6.07, 6.45) is 1.03. The zero-order valence-corrected chi connectivity index (χ0v) is 21.7. The number of carbonyl (C=O) groups is 2. The van der Waals surface area contributed by atoms with E-state index < -0.39 is 19.7 Å². The van der Waals surface area contributed by atoms with E-state index in [0.717, 1.165) is 0 Å². The van der Waals surface area contributed by atoms with Gasteiger partial charge >= 0.3 is 7.60 Å². The Morgan fingerprint density at radius 3 is 2.41 bits per heavy atom. The van der Waals surface area contributed by atoms with Gasteiger partial charge < -0.3 is 36.0 Å². The Hall–Kier alpha value is -3.99. The topological polar surface area (TPSA) is 170 Å². The molecule has 0 bridgehead atoms. The molecule has 0 aliphatic heterocycles. The molecule has 2 amide bonds. The number of anilines is 6. The normalized spacial score (nSPS) is 11.0. The number of nitrogens with two attached hydrogens (primary N) is 1. The molecule has 0 saturated heterocycles. The molecule has 2 aromatic carbocycles. The third-order valence-electron chi connectivity index (χ3n) is 4.86. The molecular weight excluding hydrogens is 497 g/mol. The maximum atomic E-state index is 12.6. The first-order valence-electron chi connectivity index (χ1n) is 11.5. The quantitative estimate of drug-likeness (QED) is 0.216. The Bertz CT molecular complexity index is 1290. The maximum absolute atomic E-state index is 12.6. The minimum absolute atomic E-state index is 0.166. The summed E-state index contributed by atoms with van der Waals surface area (Å²) >= 11 is 0. The third-order valence-corrected chi connectivity index (χ3v) is 6.84. The molecule has 0 saturated carbocycles. The number of amides is 2. The number of aromatic nitrogens is 2. The fourth-order valence-electron chi connectivity index (χ4n) is 3.31. The molecule has 37 heavy (non-hydrogen) atoms. The Kier molecular flexibility index (Phi) is 9.56. The highest BCUT2D eigenvalue weighted by Crippen LogP contribution is 2.47. The van der Waals surface area contributed by atoms with Gasteiger partial charge in [-0.1, -0.05) is 18.2 Å². The second-order valence-electron chi connectivity index (χ2n) is 7.61. The Balaban J connectivity index is 1.73. The monoisotopic (exact) mass is 527 g/mol. The van der Waals surface area contributed by atoms with Crippen LogP contribution in [0.3, 0.4) is 0 Å². The number of nitrogens with one attached hydrogen (secondary N) is 4. The molecule has 1 heterocycles. The van der Waals surface area contributed by atoms with Crippen LogP contribution in [0.25, 0.3) is 0 Å². The van der Waals surface area contributed by atoms with Gasteiger partial charge in [0, 0.05) is 18.4 Å². The summed E-state index contributed by atoms with van der Waals surface area (Å²) in [6, 6.07) is 13.8. The van der Waals surface area contributed by atoms with Crippen molar-refractivity contribution in [3.63, 3.8) is 0 Å². The van der Waals surface area contributed by atoms with Crippen molar-refractivity contribution < 1.29 is 23.2 Å². The minimum atomic E-state index is -3.52. The second kappa shape index (κ2) is 12.8. The van der Waals surface area contributed by atoms with Gasteiger partial charge in [0.05, 0.1) is 36.3 Å². The first-order chi connectivity index (χ1) is 17.8. The van der Waals surface area contributed by atoms with Gasteiger partial charge in [-0.25, -0.2) is 4.98 Å². The molecule has 1 aromatic heterocycles. The first kappa shape index (κ1) is 27.6. The molecule has 3 rings (SSSR count). The third kappa shape index (κ3) is 7.74. The van der Waals surface area contributed by atoms with Crippen LogP contribution in [-0.2, 0) is 18.4 Å². The van der Waals surface area contributed by atoms with Crippen molar-refractivity contribution in [2.45, 2.75) is 13.8 Å². The molecule has 0 aliphatic carbocycles. The summed E-state index contributed by atoms with van der Waals surface area (Å²) in [4.78, 5) is 33.3. The number of para-hydroxylation sites is 1. The molecule has 3 aromatic rings. The summed E-state index contributed by atoms with van der Waals surface area (Å²) in [5, 5.41) is 11.4. The molecule has 6 N–H and O–H groups in total. The van der Waals surface area contributed by atoms with E-state index in [9.17, 15) is 14.2 Å². The molecule has 0 radical (unpaired) electrons. The van der Waals surface area contributed by atoms with E-state index >= 15 is 0 Å². The van der Waals surface area contributed by atoms with Crippen LogP contribution in [-0.4, -0.2) is 48.2 Å². The summed E-state index contributed by atoms with van der Waals surface area (Å²) in [7, 11) is -1.97. The summed E-state index contributed by atoms with van der Waals surface area (Å²) < 4.78 is 23.0. The number of carbonyl (C=O) groups excluding carboxylic acids is 2. The lowest BCUT2D eigenvalue weighted by Crippen LogP contribution is -2.19. The molecular formula is C24H30N7O5P. The molecule has 0 fully saturated rings. The number of nitrogens with zero attached hydrogens (tertiary/aromatic N) is 2. The number of benzene rings is 2. The summed E-state index contributed by atoms with van der Waals surface area (Å²) in [5.41, 5.74) is 8.34. The zero-order chi connectivity index (χ0) is 26.8. The second-order valence-corrected chi connectivity index (χ2v) is 9.66. The zero-order valence-electron chi connectivity index (χ0n) is 20.8. The Morgan fingerprint density at radius 1 is 1.00 bits per heavy atom. The van der Waals surface area contributed by atoms with Gasteiger partial charge in [-0.15, -0.1) is 0 Å². The molecule has 196 valence electrons. The number of rotatable bonds is 12. The van der Waals surface area contributed by atoms with E-state index in [0.29, 0.717) is 28.4 Å². The van der Waals surface area contributed by atoms with E-state index in [-0.39, 0.29) is 30.8 Å². The van der Waals surface area contributed by atoms with E-state index in [1.807, 2.05) is 0 Å². The largest absolute Gasteiger partial charge is 0.394 e. The van der Waals surface area contributed by atoms with Crippen LogP contribution in [0.4, 0.5) is 34.5 Å². The van der Waals surface area contributed by atoms with Crippen molar-refractivity contribution in [1.82, 2.24) is 15.3 Å². The molecule has 13 heteroatoms.